The molecule has 0 spiro atoms. The fourth-order valence-corrected chi connectivity index (χ4v) is 2.24. The minimum Gasteiger partial charge on any atom is -0.352 e. The van der Waals surface area contributed by atoms with Crippen LogP contribution < -0.4 is 10.9 Å². The van der Waals surface area contributed by atoms with Crippen molar-refractivity contribution in [2.24, 2.45) is 0 Å². The predicted molar refractivity (Wildman–Crippen MR) is 83.4 cm³/mol. The van der Waals surface area contributed by atoms with Crippen LogP contribution in [0.1, 0.15) is 39.7 Å². The van der Waals surface area contributed by atoms with E-state index in [0.29, 0.717) is 3.57 Å². The summed E-state index contributed by atoms with van der Waals surface area (Å²) < 4.78 is 1.62. The average molecular weight is 398 g/mol. The largest absolute Gasteiger partial charge is 0.352 e. The first-order valence-electron chi connectivity index (χ1n) is 6.11. The maximum absolute atomic E-state index is 12.0. The first-order valence-corrected chi connectivity index (χ1v) is 7.56. The van der Waals surface area contributed by atoms with Crippen molar-refractivity contribution < 1.29 is 4.79 Å². The lowest BCUT2D eigenvalue weighted by atomic mass is 10.2. The monoisotopic (exact) mass is 397 g/mol. The molecule has 0 aliphatic rings. The molecule has 2 unspecified atom stereocenters. The smallest absolute Gasteiger partial charge is 0.269 e. The Labute approximate surface area is 130 Å². The van der Waals surface area contributed by atoms with Crippen molar-refractivity contribution in [2.45, 2.75) is 45.7 Å². The second-order valence-electron chi connectivity index (χ2n) is 4.44. The van der Waals surface area contributed by atoms with E-state index in [1.165, 1.54) is 10.9 Å². The molecule has 1 aromatic rings. The quantitative estimate of drug-likeness (QED) is 0.613. The Kier molecular flexibility index (Phi) is 6.25. The Morgan fingerprint density at radius 3 is 2.79 bits per heavy atom. The summed E-state index contributed by atoms with van der Waals surface area (Å²) in [4.78, 5) is 27.9. The second-order valence-corrected chi connectivity index (χ2v) is 5.87. The Hall–Kier alpha value is -0.630. The standard InChI is InChI=1S/C12H17ClIN3O2/c1-4-5-7(2)16-11(18)8(3)17-6-15-10(13)9(14)12(17)19/h6-8H,4-5H2,1-3H3,(H,16,18). The summed E-state index contributed by atoms with van der Waals surface area (Å²) in [6, 6.07) is -0.514. The van der Waals surface area contributed by atoms with Gasteiger partial charge in [0, 0.05) is 6.04 Å². The number of aromatic nitrogens is 2. The van der Waals surface area contributed by atoms with Gasteiger partial charge < -0.3 is 5.32 Å². The van der Waals surface area contributed by atoms with Crippen molar-refractivity contribution in [1.82, 2.24) is 14.9 Å². The molecule has 0 bridgehead atoms. The van der Waals surface area contributed by atoms with Crippen LogP contribution in [0, 0.1) is 3.57 Å². The fraction of sp³-hybridized carbons (Fsp3) is 0.583. The first-order chi connectivity index (χ1) is 8.88. The van der Waals surface area contributed by atoms with E-state index >= 15 is 0 Å². The molecule has 1 amide bonds. The number of nitrogens with one attached hydrogen (secondary N) is 1. The van der Waals surface area contributed by atoms with Crippen LogP contribution in [-0.4, -0.2) is 21.5 Å². The van der Waals surface area contributed by atoms with E-state index in [1.807, 2.05) is 29.5 Å². The Bertz CT molecular complexity index is 518. The zero-order chi connectivity index (χ0) is 14.6. The number of halogens is 2. The van der Waals surface area contributed by atoms with Crippen molar-refractivity contribution in [3.8, 4) is 0 Å². The van der Waals surface area contributed by atoms with Crippen molar-refractivity contribution in [3.05, 3.63) is 25.4 Å². The lowest BCUT2D eigenvalue weighted by molar-refractivity contribution is -0.124. The van der Waals surface area contributed by atoms with E-state index in [4.69, 9.17) is 11.6 Å². The number of rotatable bonds is 5. The minimum atomic E-state index is -0.606. The summed E-state index contributed by atoms with van der Waals surface area (Å²) in [6.45, 7) is 5.67. The number of carbonyl (C=O) groups is 1. The highest BCUT2D eigenvalue weighted by Gasteiger charge is 2.19. The lowest BCUT2D eigenvalue weighted by Gasteiger charge is -2.18. The van der Waals surface area contributed by atoms with Crippen LogP contribution in [0.3, 0.4) is 0 Å². The minimum absolute atomic E-state index is 0.0926. The summed E-state index contributed by atoms with van der Waals surface area (Å²) in [7, 11) is 0. The van der Waals surface area contributed by atoms with Crippen LogP contribution in [0.2, 0.25) is 5.15 Å². The summed E-state index contributed by atoms with van der Waals surface area (Å²) >= 11 is 7.59. The topological polar surface area (TPSA) is 64.0 Å². The average Bonchev–Trinajstić information content (AvgIpc) is 2.35. The Morgan fingerprint density at radius 2 is 2.21 bits per heavy atom. The van der Waals surface area contributed by atoms with E-state index in [1.54, 1.807) is 6.92 Å². The number of hydrogen-bond acceptors (Lipinski definition) is 3. The molecular weight excluding hydrogens is 381 g/mol. The van der Waals surface area contributed by atoms with Gasteiger partial charge in [0.1, 0.15) is 14.8 Å². The highest BCUT2D eigenvalue weighted by Crippen LogP contribution is 2.12. The highest BCUT2D eigenvalue weighted by atomic mass is 127. The predicted octanol–water partition coefficient (Wildman–Crippen LogP) is 2.37. The maximum Gasteiger partial charge on any atom is 0.269 e. The van der Waals surface area contributed by atoms with E-state index in [9.17, 15) is 9.59 Å². The molecule has 0 aromatic carbocycles. The lowest BCUT2D eigenvalue weighted by Crippen LogP contribution is -2.40. The van der Waals surface area contributed by atoms with E-state index in [2.05, 4.69) is 17.2 Å². The van der Waals surface area contributed by atoms with Gasteiger partial charge in [0.25, 0.3) is 5.56 Å². The molecule has 0 radical (unpaired) electrons. The van der Waals surface area contributed by atoms with Crippen molar-refractivity contribution in [3.63, 3.8) is 0 Å². The Morgan fingerprint density at radius 1 is 1.58 bits per heavy atom. The van der Waals surface area contributed by atoms with Gasteiger partial charge in [0.05, 0.1) is 6.33 Å². The molecule has 0 fully saturated rings. The molecule has 7 heteroatoms. The van der Waals surface area contributed by atoms with Gasteiger partial charge in [0.2, 0.25) is 5.91 Å². The molecule has 1 aromatic heterocycles. The highest BCUT2D eigenvalue weighted by molar-refractivity contribution is 14.1. The number of carbonyl (C=O) groups excluding carboxylic acids is 1. The molecule has 0 saturated carbocycles. The zero-order valence-corrected chi connectivity index (χ0v) is 14.0. The van der Waals surface area contributed by atoms with Crippen LogP contribution in [0.25, 0.3) is 0 Å². The van der Waals surface area contributed by atoms with Crippen molar-refractivity contribution >= 4 is 40.1 Å². The third-order valence-corrected chi connectivity index (χ3v) is 4.38. The van der Waals surface area contributed by atoms with Gasteiger partial charge in [-0.3, -0.25) is 14.2 Å². The summed E-state index contributed by atoms with van der Waals surface area (Å²) in [5.74, 6) is -0.192. The van der Waals surface area contributed by atoms with Crippen LogP contribution >= 0.6 is 34.2 Å². The molecule has 0 saturated heterocycles. The molecule has 19 heavy (non-hydrogen) atoms. The third-order valence-electron chi connectivity index (χ3n) is 2.81. The summed E-state index contributed by atoms with van der Waals surface area (Å²) in [5.41, 5.74) is -0.300. The van der Waals surface area contributed by atoms with Crippen LogP contribution in [-0.2, 0) is 4.79 Å². The zero-order valence-electron chi connectivity index (χ0n) is 11.1. The molecule has 2 atom stereocenters. The second kappa shape index (κ2) is 7.23. The van der Waals surface area contributed by atoms with E-state index < -0.39 is 6.04 Å². The molecular formula is C12H17ClIN3O2. The van der Waals surface area contributed by atoms with Crippen LogP contribution in [0.4, 0.5) is 0 Å². The van der Waals surface area contributed by atoms with Gasteiger partial charge in [0.15, 0.2) is 0 Å². The van der Waals surface area contributed by atoms with E-state index in [-0.39, 0.29) is 22.7 Å². The van der Waals surface area contributed by atoms with E-state index in [0.717, 1.165) is 12.8 Å². The third kappa shape index (κ3) is 4.17. The first kappa shape index (κ1) is 16.4. The van der Waals surface area contributed by atoms with Gasteiger partial charge in [-0.2, -0.15) is 0 Å². The van der Waals surface area contributed by atoms with Crippen molar-refractivity contribution in [1.29, 1.82) is 0 Å². The summed E-state index contributed by atoms with van der Waals surface area (Å²) in [6.07, 6.45) is 3.21. The van der Waals surface area contributed by atoms with Crippen LogP contribution in [0.15, 0.2) is 11.1 Å². The molecule has 5 nitrogen and oxygen atoms in total. The molecule has 1 N–H and O–H groups in total. The number of nitrogens with zero attached hydrogens (tertiary/aromatic N) is 2. The molecule has 106 valence electrons. The number of hydrogen-bond donors (Lipinski definition) is 1. The Balaban J connectivity index is 2.89. The normalized spacial score (nSPS) is 13.9. The van der Waals surface area contributed by atoms with Crippen molar-refractivity contribution in [2.75, 3.05) is 0 Å². The van der Waals surface area contributed by atoms with Gasteiger partial charge in [-0.05, 0) is 42.9 Å². The van der Waals surface area contributed by atoms with Gasteiger partial charge in [-0.15, -0.1) is 0 Å². The van der Waals surface area contributed by atoms with Gasteiger partial charge in [-0.1, -0.05) is 24.9 Å². The molecule has 1 rings (SSSR count). The number of amides is 1. The molecule has 0 aliphatic heterocycles. The van der Waals surface area contributed by atoms with Gasteiger partial charge in [-0.25, -0.2) is 4.98 Å². The fourth-order valence-electron chi connectivity index (χ4n) is 1.69. The maximum atomic E-state index is 12.0. The van der Waals surface area contributed by atoms with Gasteiger partial charge >= 0.3 is 0 Å². The SMILES string of the molecule is CCCC(C)NC(=O)C(C)n1cnc(Cl)c(I)c1=O. The summed E-state index contributed by atoms with van der Waals surface area (Å²) in [5, 5.41) is 3.04. The molecule has 1 heterocycles. The molecule has 0 aliphatic carbocycles. The van der Waals surface area contributed by atoms with Crippen LogP contribution in [0.5, 0.6) is 0 Å².